The van der Waals surface area contributed by atoms with Crippen LogP contribution in [0, 0.1) is 0 Å². The van der Waals surface area contributed by atoms with Crippen LogP contribution in [0.1, 0.15) is 38.7 Å². The highest BCUT2D eigenvalue weighted by Crippen LogP contribution is 2.17. The molecule has 0 saturated carbocycles. The van der Waals surface area contributed by atoms with Crippen LogP contribution in [-0.2, 0) is 10.0 Å². The Kier molecular flexibility index (Phi) is 7.02. The minimum atomic E-state index is -3.31. The van der Waals surface area contributed by atoms with Gasteiger partial charge in [-0.3, -0.25) is 0 Å². The molecule has 1 atom stereocenters. The first-order valence-corrected chi connectivity index (χ1v) is 9.54. The lowest BCUT2D eigenvalue weighted by Crippen LogP contribution is -2.52. The van der Waals surface area contributed by atoms with Crippen LogP contribution in [0.2, 0.25) is 0 Å². The number of carbonyl (C=O) groups excluding carboxylic acids is 1. The Morgan fingerprint density at radius 1 is 1.17 bits per heavy atom. The lowest BCUT2D eigenvalue weighted by molar-refractivity contribution is 0.237. The average Bonchev–Trinajstić information content (AvgIpc) is 2.43. The average molecular weight is 341 g/mol. The SMILES string of the molecule is CC(CCNC(=O)NCC(C)(C)NS(C)(=O)=O)c1ccccc1. The Balaban J connectivity index is 2.29. The third kappa shape index (κ3) is 8.56. The van der Waals surface area contributed by atoms with Crippen LogP contribution in [0.15, 0.2) is 30.3 Å². The van der Waals surface area contributed by atoms with Crippen LogP contribution in [0.25, 0.3) is 0 Å². The molecule has 0 fully saturated rings. The summed E-state index contributed by atoms with van der Waals surface area (Å²) in [7, 11) is -3.31. The molecule has 130 valence electrons. The first kappa shape index (κ1) is 19.4. The summed E-state index contributed by atoms with van der Waals surface area (Å²) in [6.45, 7) is 6.31. The van der Waals surface area contributed by atoms with Crippen LogP contribution in [0.4, 0.5) is 4.79 Å². The second kappa shape index (κ2) is 8.31. The minimum absolute atomic E-state index is 0.208. The Morgan fingerprint density at radius 3 is 2.35 bits per heavy atom. The molecule has 23 heavy (non-hydrogen) atoms. The fourth-order valence-corrected chi connectivity index (χ4v) is 3.33. The van der Waals surface area contributed by atoms with Crippen molar-refractivity contribution >= 4 is 16.1 Å². The van der Waals surface area contributed by atoms with Crippen molar-refractivity contribution in [3.05, 3.63) is 35.9 Å². The Morgan fingerprint density at radius 2 is 1.78 bits per heavy atom. The number of urea groups is 1. The monoisotopic (exact) mass is 341 g/mol. The van der Waals surface area contributed by atoms with Crippen LogP contribution in [-0.4, -0.2) is 39.3 Å². The Bertz CT molecular complexity index is 600. The fraction of sp³-hybridized carbons (Fsp3) is 0.562. The summed E-state index contributed by atoms with van der Waals surface area (Å²) in [5.74, 6) is 0.361. The van der Waals surface area contributed by atoms with Crippen molar-refractivity contribution in [2.45, 2.75) is 38.6 Å². The highest BCUT2D eigenvalue weighted by atomic mass is 32.2. The van der Waals surface area contributed by atoms with Gasteiger partial charge in [0.15, 0.2) is 0 Å². The molecular formula is C16H27N3O3S. The first-order valence-electron chi connectivity index (χ1n) is 7.65. The standard InChI is InChI=1S/C16H27N3O3S/c1-13(14-8-6-5-7-9-14)10-11-17-15(20)18-12-16(2,3)19-23(4,21)22/h5-9,13,19H,10-12H2,1-4H3,(H2,17,18,20). The minimum Gasteiger partial charge on any atom is -0.338 e. The molecule has 1 aromatic carbocycles. The van der Waals surface area contributed by atoms with Gasteiger partial charge < -0.3 is 10.6 Å². The third-order valence-electron chi connectivity index (χ3n) is 3.38. The number of carbonyl (C=O) groups is 1. The molecule has 7 heteroatoms. The van der Waals surface area contributed by atoms with Gasteiger partial charge in [0.25, 0.3) is 0 Å². The van der Waals surface area contributed by atoms with E-state index in [0.29, 0.717) is 12.5 Å². The zero-order chi connectivity index (χ0) is 17.5. The normalized spacial score (nSPS) is 13.4. The molecule has 6 nitrogen and oxygen atoms in total. The van der Waals surface area contributed by atoms with Crippen molar-refractivity contribution in [1.29, 1.82) is 0 Å². The molecule has 1 aromatic rings. The third-order valence-corrected chi connectivity index (χ3v) is 4.31. The zero-order valence-corrected chi connectivity index (χ0v) is 15.0. The van der Waals surface area contributed by atoms with Gasteiger partial charge in [0.05, 0.1) is 6.26 Å². The van der Waals surface area contributed by atoms with E-state index in [1.807, 2.05) is 18.2 Å². The van der Waals surface area contributed by atoms with Crippen molar-refractivity contribution in [2.75, 3.05) is 19.3 Å². The van der Waals surface area contributed by atoms with Gasteiger partial charge in [-0.1, -0.05) is 37.3 Å². The first-order chi connectivity index (χ1) is 10.6. The summed E-state index contributed by atoms with van der Waals surface area (Å²) >= 11 is 0. The molecule has 0 bridgehead atoms. The topological polar surface area (TPSA) is 87.3 Å². The fourth-order valence-electron chi connectivity index (χ4n) is 2.25. The molecule has 0 aliphatic rings. The highest BCUT2D eigenvalue weighted by Gasteiger charge is 2.22. The number of amides is 2. The van der Waals surface area contributed by atoms with E-state index in [2.05, 4.69) is 34.4 Å². The van der Waals surface area contributed by atoms with Crippen LogP contribution < -0.4 is 15.4 Å². The number of hydrogen-bond acceptors (Lipinski definition) is 3. The van der Waals surface area contributed by atoms with Gasteiger partial charge in [0.2, 0.25) is 10.0 Å². The van der Waals surface area contributed by atoms with E-state index in [9.17, 15) is 13.2 Å². The van der Waals surface area contributed by atoms with E-state index in [-0.39, 0.29) is 12.6 Å². The molecule has 2 amide bonds. The lowest BCUT2D eigenvalue weighted by Gasteiger charge is -2.25. The maximum Gasteiger partial charge on any atom is 0.314 e. The number of nitrogens with one attached hydrogen (secondary N) is 3. The quantitative estimate of drug-likeness (QED) is 0.674. The molecule has 0 saturated heterocycles. The number of sulfonamides is 1. The molecule has 0 heterocycles. The van der Waals surface area contributed by atoms with Gasteiger partial charge >= 0.3 is 6.03 Å². The predicted octanol–water partition coefficient (Wildman–Crippen LogP) is 1.81. The summed E-state index contributed by atoms with van der Waals surface area (Å²) < 4.78 is 24.9. The van der Waals surface area contributed by atoms with Gasteiger partial charge in [-0.15, -0.1) is 0 Å². The largest absolute Gasteiger partial charge is 0.338 e. The molecule has 0 radical (unpaired) electrons. The maximum atomic E-state index is 11.8. The van der Waals surface area contributed by atoms with E-state index in [4.69, 9.17) is 0 Å². The summed E-state index contributed by atoms with van der Waals surface area (Å²) in [5, 5.41) is 5.47. The predicted molar refractivity (Wildman–Crippen MR) is 92.9 cm³/mol. The summed E-state index contributed by atoms with van der Waals surface area (Å²) in [4.78, 5) is 11.8. The van der Waals surface area contributed by atoms with Gasteiger partial charge in [-0.25, -0.2) is 17.9 Å². The van der Waals surface area contributed by atoms with Crippen molar-refractivity contribution < 1.29 is 13.2 Å². The number of hydrogen-bond donors (Lipinski definition) is 3. The van der Waals surface area contributed by atoms with Gasteiger partial charge in [-0.05, 0) is 31.7 Å². The molecule has 0 aliphatic heterocycles. The number of benzene rings is 1. The van der Waals surface area contributed by atoms with Crippen LogP contribution in [0.3, 0.4) is 0 Å². The summed E-state index contributed by atoms with van der Waals surface area (Å²) in [5.41, 5.74) is 0.510. The lowest BCUT2D eigenvalue weighted by atomic mass is 9.98. The van der Waals surface area contributed by atoms with E-state index >= 15 is 0 Å². The highest BCUT2D eigenvalue weighted by molar-refractivity contribution is 7.88. The Labute approximate surface area is 139 Å². The van der Waals surface area contributed by atoms with Crippen molar-refractivity contribution in [3.8, 4) is 0 Å². The molecule has 0 spiro atoms. The second-order valence-electron chi connectivity index (χ2n) is 6.47. The van der Waals surface area contributed by atoms with Gasteiger partial charge in [0, 0.05) is 18.6 Å². The molecule has 0 aromatic heterocycles. The second-order valence-corrected chi connectivity index (χ2v) is 8.22. The van der Waals surface area contributed by atoms with Crippen molar-refractivity contribution in [3.63, 3.8) is 0 Å². The van der Waals surface area contributed by atoms with Gasteiger partial charge in [0.1, 0.15) is 0 Å². The summed E-state index contributed by atoms with van der Waals surface area (Å²) in [6, 6.07) is 9.84. The van der Waals surface area contributed by atoms with E-state index in [1.54, 1.807) is 13.8 Å². The van der Waals surface area contributed by atoms with Gasteiger partial charge in [-0.2, -0.15) is 0 Å². The van der Waals surface area contributed by atoms with Crippen LogP contribution >= 0.6 is 0 Å². The van der Waals surface area contributed by atoms with Crippen LogP contribution in [0.5, 0.6) is 0 Å². The summed E-state index contributed by atoms with van der Waals surface area (Å²) in [6.07, 6.45) is 1.93. The van der Waals surface area contributed by atoms with E-state index in [1.165, 1.54) is 5.56 Å². The molecule has 1 rings (SSSR count). The van der Waals surface area contributed by atoms with E-state index in [0.717, 1.165) is 12.7 Å². The maximum absolute atomic E-state index is 11.8. The number of rotatable bonds is 8. The molecule has 3 N–H and O–H groups in total. The smallest absolute Gasteiger partial charge is 0.314 e. The van der Waals surface area contributed by atoms with Crippen molar-refractivity contribution in [2.24, 2.45) is 0 Å². The zero-order valence-electron chi connectivity index (χ0n) is 14.2. The molecule has 0 aliphatic carbocycles. The Hall–Kier alpha value is -1.60. The molecule has 1 unspecified atom stereocenters. The van der Waals surface area contributed by atoms with Crippen molar-refractivity contribution in [1.82, 2.24) is 15.4 Å². The van der Waals surface area contributed by atoms with E-state index < -0.39 is 15.6 Å². The molecular weight excluding hydrogens is 314 g/mol.